The number of hydrogen-bond acceptors (Lipinski definition) is 4. The Morgan fingerprint density at radius 1 is 1.29 bits per heavy atom. The van der Waals surface area contributed by atoms with Crippen LogP contribution in [0, 0.1) is 5.92 Å². The van der Waals surface area contributed by atoms with Gasteiger partial charge in [0.2, 0.25) is 0 Å². The molecule has 24 heavy (non-hydrogen) atoms. The molecular weight excluding hydrogens is 363 g/mol. The number of ether oxygens (including phenoxy) is 1. The zero-order valence-corrected chi connectivity index (χ0v) is 15.5. The number of rotatable bonds is 1. The van der Waals surface area contributed by atoms with Crippen molar-refractivity contribution in [3.63, 3.8) is 0 Å². The molecule has 1 aliphatic heterocycles. The molecule has 3 unspecified atom stereocenters. The van der Waals surface area contributed by atoms with Gasteiger partial charge in [-0.3, -0.25) is 0 Å². The Hall–Kier alpha value is -0.810. The van der Waals surface area contributed by atoms with Gasteiger partial charge in [0, 0.05) is 17.0 Å². The van der Waals surface area contributed by atoms with Crippen molar-refractivity contribution in [2.24, 2.45) is 5.92 Å². The van der Waals surface area contributed by atoms with Crippen LogP contribution in [0.25, 0.3) is 0 Å². The monoisotopic (exact) mass is 378 g/mol. The van der Waals surface area contributed by atoms with Crippen molar-refractivity contribution in [3.05, 3.63) is 50.8 Å². The number of fused-ring (bicyclic) bond motifs is 5. The second kappa shape index (κ2) is 5.34. The Balaban J connectivity index is 1.64. The predicted octanol–water partition coefficient (Wildman–Crippen LogP) is 4.98. The lowest BCUT2D eigenvalue weighted by molar-refractivity contribution is -0.0877. The fourth-order valence-corrected chi connectivity index (χ4v) is 5.18. The lowest BCUT2D eigenvalue weighted by atomic mass is 9.75. The fraction of sp³-hybridized carbons (Fsp3) is 0.444. The predicted molar refractivity (Wildman–Crippen MR) is 95.9 cm³/mol. The highest BCUT2D eigenvalue weighted by Crippen LogP contribution is 2.62. The van der Waals surface area contributed by atoms with Crippen LogP contribution in [-0.4, -0.2) is 16.2 Å². The Morgan fingerprint density at radius 2 is 2.17 bits per heavy atom. The van der Waals surface area contributed by atoms with Crippen LogP contribution in [0.5, 0.6) is 0 Å². The molecule has 0 amide bonds. The lowest BCUT2D eigenvalue weighted by Crippen LogP contribution is -2.40. The largest absolute Gasteiger partial charge is 0.365 e. The zero-order chi connectivity index (χ0) is 16.5. The molecule has 0 radical (unpaired) electrons. The summed E-state index contributed by atoms with van der Waals surface area (Å²) < 4.78 is 6.44. The Labute approximate surface area is 155 Å². The summed E-state index contributed by atoms with van der Waals surface area (Å²) in [7, 11) is 0. The number of nitrogens with zero attached hydrogens (tertiary/aromatic N) is 2. The highest BCUT2D eigenvalue weighted by atomic mass is 35.5. The molecule has 1 aromatic carbocycles. The van der Waals surface area contributed by atoms with Gasteiger partial charge in [-0.1, -0.05) is 41.0 Å². The maximum Gasteiger partial charge on any atom is 0.188 e. The maximum absolute atomic E-state index is 6.44. The minimum absolute atomic E-state index is 0.321. The van der Waals surface area contributed by atoms with E-state index < -0.39 is 0 Å². The van der Waals surface area contributed by atoms with Gasteiger partial charge in [0.1, 0.15) is 5.15 Å². The van der Waals surface area contributed by atoms with Crippen LogP contribution in [0.4, 0.5) is 0 Å². The summed E-state index contributed by atoms with van der Waals surface area (Å²) in [6, 6.07) is 6.27. The SMILES string of the molecule is CSc1nc(Cl)c2c(n1)CC1(CC3CC3c3ccc(Cl)cc31)OC2. The zero-order valence-electron chi connectivity index (χ0n) is 13.2. The van der Waals surface area contributed by atoms with E-state index in [9.17, 15) is 0 Å². The van der Waals surface area contributed by atoms with Crippen molar-refractivity contribution in [3.8, 4) is 0 Å². The Kier molecular flexibility index (Phi) is 3.44. The molecule has 2 aromatic rings. The second-order valence-electron chi connectivity index (χ2n) is 6.92. The number of aromatic nitrogens is 2. The highest BCUT2D eigenvalue weighted by Gasteiger charge is 2.54. The standard InChI is InChI=1S/C18H16Cl2N2OS/c1-24-17-21-15-7-18(23-8-13(15)16(20)22-17)6-9-4-12(9)11-3-2-10(19)5-14(11)18/h2-3,5,9,12H,4,6-8H2,1H3. The van der Waals surface area contributed by atoms with E-state index in [-0.39, 0.29) is 5.60 Å². The number of hydrogen-bond donors (Lipinski definition) is 0. The van der Waals surface area contributed by atoms with Crippen molar-refractivity contribution in [2.45, 2.75) is 42.5 Å². The first-order valence-corrected chi connectivity index (χ1v) is 10.1. The van der Waals surface area contributed by atoms with E-state index in [1.54, 1.807) is 0 Å². The van der Waals surface area contributed by atoms with Crippen molar-refractivity contribution in [1.82, 2.24) is 9.97 Å². The number of halogens is 2. The summed E-state index contributed by atoms with van der Waals surface area (Å²) in [6.07, 6.45) is 5.01. The first kappa shape index (κ1) is 15.4. The molecule has 1 fully saturated rings. The third-order valence-corrected chi connectivity index (χ3v) is 6.67. The molecule has 124 valence electrons. The van der Waals surface area contributed by atoms with Crippen molar-refractivity contribution >= 4 is 35.0 Å². The summed E-state index contributed by atoms with van der Waals surface area (Å²) in [4.78, 5) is 9.07. The molecule has 2 heterocycles. The number of benzene rings is 1. The third kappa shape index (κ3) is 2.23. The molecule has 0 N–H and O–H groups in total. The Morgan fingerprint density at radius 3 is 3.00 bits per heavy atom. The van der Waals surface area contributed by atoms with Crippen LogP contribution < -0.4 is 0 Å². The average Bonchev–Trinajstić information content (AvgIpc) is 3.33. The highest BCUT2D eigenvalue weighted by molar-refractivity contribution is 7.98. The van der Waals surface area contributed by atoms with Crippen LogP contribution in [0.3, 0.4) is 0 Å². The average molecular weight is 379 g/mol. The van der Waals surface area contributed by atoms with Crippen LogP contribution >= 0.6 is 35.0 Å². The van der Waals surface area contributed by atoms with E-state index in [0.717, 1.165) is 40.2 Å². The van der Waals surface area contributed by atoms with E-state index in [0.29, 0.717) is 17.7 Å². The van der Waals surface area contributed by atoms with Gasteiger partial charge in [0.15, 0.2) is 5.16 Å². The quantitative estimate of drug-likeness (QED) is 0.398. The molecule has 3 aliphatic rings. The third-order valence-electron chi connectivity index (χ3n) is 5.57. The van der Waals surface area contributed by atoms with Gasteiger partial charge in [-0.2, -0.15) is 0 Å². The minimum Gasteiger partial charge on any atom is -0.365 e. The second-order valence-corrected chi connectivity index (χ2v) is 8.49. The fourth-order valence-electron chi connectivity index (χ4n) is 4.33. The van der Waals surface area contributed by atoms with Crippen LogP contribution in [-0.2, 0) is 23.4 Å². The van der Waals surface area contributed by atoms with E-state index >= 15 is 0 Å². The summed E-state index contributed by atoms with van der Waals surface area (Å²) in [5.74, 6) is 1.40. The van der Waals surface area contributed by atoms with Gasteiger partial charge in [0.25, 0.3) is 0 Å². The maximum atomic E-state index is 6.44. The normalized spacial score (nSPS) is 29.8. The van der Waals surface area contributed by atoms with Gasteiger partial charge in [0.05, 0.1) is 17.9 Å². The molecule has 0 bridgehead atoms. The molecule has 6 heteroatoms. The summed E-state index contributed by atoms with van der Waals surface area (Å²) >= 11 is 14.2. The summed E-state index contributed by atoms with van der Waals surface area (Å²) in [5.41, 5.74) is 4.29. The molecule has 1 saturated carbocycles. The first-order valence-electron chi connectivity index (χ1n) is 8.13. The van der Waals surface area contributed by atoms with Crippen molar-refractivity contribution in [1.29, 1.82) is 0 Å². The summed E-state index contributed by atoms with van der Waals surface area (Å²) in [5, 5.41) is 2.01. The van der Waals surface area contributed by atoms with Crippen LogP contribution in [0.15, 0.2) is 23.4 Å². The van der Waals surface area contributed by atoms with Crippen LogP contribution in [0.1, 0.15) is 41.1 Å². The van der Waals surface area contributed by atoms with Gasteiger partial charge in [-0.05, 0) is 54.2 Å². The van der Waals surface area contributed by atoms with E-state index in [1.165, 1.54) is 29.3 Å². The lowest BCUT2D eigenvalue weighted by Gasteiger charge is -2.42. The molecule has 0 saturated heterocycles. The van der Waals surface area contributed by atoms with Crippen molar-refractivity contribution < 1.29 is 4.74 Å². The minimum atomic E-state index is -0.321. The Bertz CT molecular complexity index is 859. The van der Waals surface area contributed by atoms with E-state index in [4.69, 9.17) is 32.9 Å². The molecule has 2 aliphatic carbocycles. The smallest absolute Gasteiger partial charge is 0.188 e. The molecule has 3 nitrogen and oxygen atoms in total. The number of thioether (sulfide) groups is 1. The van der Waals surface area contributed by atoms with Crippen molar-refractivity contribution in [2.75, 3.05) is 6.26 Å². The molecule has 1 spiro atoms. The van der Waals surface area contributed by atoms with E-state index in [2.05, 4.69) is 17.1 Å². The molecule has 5 rings (SSSR count). The molecular formula is C18H16Cl2N2OS. The van der Waals surface area contributed by atoms with Gasteiger partial charge in [-0.25, -0.2) is 9.97 Å². The summed E-state index contributed by atoms with van der Waals surface area (Å²) in [6.45, 7) is 0.464. The first-order chi connectivity index (χ1) is 11.6. The van der Waals surface area contributed by atoms with E-state index in [1.807, 2.05) is 12.3 Å². The topological polar surface area (TPSA) is 35.0 Å². The van der Waals surface area contributed by atoms with Crippen LogP contribution in [0.2, 0.25) is 10.2 Å². The van der Waals surface area contributed by atoms with Gasteiger partial charge >= 0.3 is 0 Å². The molecule has 1 aromatic heterocycles. The van der Waals surface area contributed by atoms with Gasteiger partial charge in [-0.15, -0.1) is 0 Å². The molecule has 3 atom stereocenters. The van der Waals surface area contributed by atoms with Gasteiger partial charge < -0.3 is 4.74 Å².